The lowest BCUT2D eigenvalue weighted by Gasteiger charge is -2.39. The third-order valence-electron chi connectivity index (χ3n) is 5.61. The summed E-state index contributed by atoms with van der Waals surface area (Å²) in [5.41, 5.74) is 0.291. The van der Waals surface area contributed by atoms with Crippen LogP contribution in [0.1, 0.15) is 51.4 Å². The van der Waals surface area contributed by atoms with Gasteiger partial charge in [0, 0.05) is 18.0 Å². The van der Waals surface area contributed by atoms with E-state index < -0.39 is 0 Å². The Kier molecular flexibility index (Phi) is 8.47. The number of carbonyl (C=O) groups excluding carboxylic acids is 1. The molecule has 0 aromatic rings. The Morgan fingerprint density at radius 2 is 1.64 bits per heavy atom. The summed E-state index contributed by atoms with van der Waals surface area (Å²) in [6, 6.07) is 0. The molecule has 0 bridgehead atoms. The van der Waals surface area contributed by atoms with Crippen molar-refractivity contribution in [2.75, 3.05) is 32.7 Å². The first-order chi connectivity index (χ1) is 9.80. The molecule has 2 saturated heterocycles. The zero-order valence-corrected chi connectivity index (χ0v) is 15.1. The van der Waals surface area contributed by atoms with Crippen molar-refractivity contribution in [3.05, 3.63) is 0 Å². The molecule has 0 aromatic heterocycles. The molecule has 0 spiro atoms. The Morgan fingerprint density at radius 1 is 1.05 bits per heavy atom. The van der Waals surface area contributed by atoms with Gasteiger partial charge in [0.2, 0.25) is 5.91 Å². The number of halogens is 2. The van der Waals surface area contributed by atoms with Crippen LogP contribution in [0.4, 0.5) is 0 Å². The van der Waals surface area contributed by atoms with E-state index in [2.05, 4.69) is 15.5 Å². The fourth-order valence-corrected chi connectivity index (χ4v) is 4.31. The average Bonchev–Trinajstić information content (AvgIpc) is 3.17. The third kappa shape index (κ3) is 4.50. The van der Waals surface area contributed by atoms with Crippen LogP contribution in [0, 0.1) is 5.92 Å². The molecule has 0 aromatic carbocycles. The van der Waals surface area contributed by atoms with Gasteiger partial charge in [-0.05, 0) is 64.7 Å². The zero-order chi connectivity index (χ0) is 13.8. The first-order valence-electron chi connectivity index (χ1n) is 8.54. The molecular formula is C16H31Cl2N3O. The van der Waals surface area contributed by atoms with Crippen LogP contribution in [0.25, 0.3) is 0 Å². The molecule has 22 heavy (non-hydrogen) atoms. The van der Waals surface area contributed by atoms with Crippen molar-refractivity contribution >= 4 is 30.7 Å². The maximum atomic E-state index is 12.4. The van der Waals surface area contributed by atoms with E-state index in [1.54, 1.807) is 0 Å². The molecule has 0 unspecified atom stereocenters. The zero-order valence-electron chi connectivity index (χ0n) is 13.4. The molecule has 3 fully saturated rings. The van der Waals surface area contributed by atoms with Crippen molar-refractivity contribution in [2.45, 2.75) is 56.9 Å². The second-order valence-electron chi connectivity index (χ2n) is 6.87. The van der Waals surface area contributed by atoms with Crippen LogP contribution in [0.15, 0.2) is 0 Å². The summed E-state index contributed by atoms with van der Waals surface area (Å²) in [5, 5.41) is 6.63. The molecule has 6 heteroatoms. The lowest BCUT2D eigenvalue weighted by molar-refractivity contribution is -0.126. The maximum absolute atomic E-state index is 12.4. The Hall–Kier alpha value is -0.0300. The van der Waals surface area contributed by atoms with Crippen LogP contribution in [0.5, 0.6) is 0 Å². The monoisotopic (exact) mass is 351 g/mol. The summed E-state index contributed by atoms with van der Waals surface area (Å²) in [5.74, 6) is 0.547. The second-order valence-corrected chi connectivity index (χ2v) is 6.87. The first kappa shape index (κ1) is 20.0. The summed E-state index contributed by atoms with van der Waals surface area (Å²) in [6.07, 6.45) is 9.90. The number of hydrogen-bond donors (Lipinski definition) is 2. The number of amides is 1. The number of carbonyl (C=O) groups is 1. The quantitative estimate of drug-likeness (QED) is 0.816. The number of nitrogens with zero attached hydrogens (tertiary/aromatic N) is 1. The highest BCUT2D eigenvalue weighted by Gasteiger charge is 2.41. The Bertz CT molecular complexity index is 336. The molecule has 1 saturated carbocycles. The maximum Gasteiger partial charge on any atom is 0.223 e. The molecule has 130 valence electrons. The van der Waals surface area contributed by atoms with Gasteiger partial charge in [-0.1, -0.05) is 12.8 Å². The minimum Gasteiger partial charge on any atom is -0.354 e. The van der Waals surface area contributed by atoms with E-state index in [1.165, 1.54) is 51.6 Å². The van der Waals surface area contributed by atoms with Crippen LogP contribution < -0.4 is 10.6 Å². The number of nitrogens with one attached hydrogen (secondary N) is 2. The summed E-state index contributed by atoms with van der Waals surface area (Å²) >= 11 is 0. The number of piperidine rings is 1. The van der Waals surface area contributed by atoms with Crippen LogP contribution in [-0.2, 0) is 4.79 Å². The molecule has 0 radical (unpaired) electrons. The van der Waals surface area contributed by atoms with Crippen molar-refractivity contribution in [2.24, 2.45) is 5.92 Å². The van der Waals surface area contributed by atoms with Crippen LogP contribution in [-0.4, -0.2) is 49.1 Å². The van der Waals surface area contributed by atoms with Gasteiger partial charge in [-0.3, -0.25) is 9.69 Å². The van der Waals surface area contributed by atoms with Crippen molar-refractivity contribution in [1.82, 2.24) is 15.5 Å². The first-order valence-corrected chi connectivity index (χ1v) is 8.54. The Balaban J connectivity index is 0.00000121. The predicted molar refractivity (Wildman–Crippen MR) is 95.1 cm³/mol. The normalized spacial score (nSPS) is 25.3. The summed E-state index contributed by atoms with van der Waals surface area (Å²) in [4.78, 5) is 15.0. The smallest absolute Gasteiger partial charge is 0.223 e. The van der Waals surface area contributed by atoms with Crippen LogP contribution in [0.3, 0.4) is 0 Å². The van der Waals surface area contributed by atoms with E-state index in [-0.39, 0.29) is 30.7 Å². The van der Waals surface area contributed by atoms with E-state index in [1.807, 2.05) is 0 Å². The molecule has 3 aliphatic rings. The summed E-state index contributed by atoms with van der Waals surface area (Å²) in [7, 11) is 0. The largest absolute Gasteiger partial charge is 0.354 e. The number of rotatable bonds is 4. The van der Waals surface area contributed by atoms with Crippen molar-refractivity contribution in [3.8, 4) is 0 Å². The minimum absolute atomic E-state index is 0. The van der Waals surface area contributed by atoms with Crippen LogP contribution >= 0.6 is 24.8 Å². The van der Waals surface area contributed by atoms with Gasteiger partial charge in [-0.2, -0.15) is 0 Å². The lowest BCUT2D eigenvalue weighted by atomic mass is 9.93. The Morgan fingerprint density at radius 3 is 2.23 bits per heavy atom. The molecule has 1 amide bonds. The van der Waals surface area contributed by atoms with Gasteiger partial charge in [-0.15, -0.1) is 24.8 Å². The van der Waals surface area contributed by atoms with E-state index in [4.69, 9.17) is 0 Å². The molecule has 1 aliphatic carbocycles. The minimum atomic E-state index is 0. The third-order valence-corrected chi connectivity index (χ3v) is 5.61. The predicted octanol–water partition coefficient (Wildman–Crippen LogP) is 2.35. The fraction of sp³-hybridized carbons (Fsp3) is 0.938. The van der Waals surface area contributed by atoms with Gasteiger partial charge in [0.1, 0.15) is 0 Å². The van der Waals surface area contributed by atoms with Crippen LogP contribution in [0.2, 0.25) is 0 Å². The van der Waals surface area contributed by atoms with E-state index in [9.17, 15) is 4.79 Å². The Labute approximate surface area is 147 Å². The van der Waals surface area contributed by atoms with Crippen molar-refractivity contribution < 1.29 is 4.79 Å². The molecule has 4 nitrogen and oxygen atoms in total. The van der Waals surface area contributed by atoms with E-state index in [0.29, 0.717) is 11.4 Å². The highest BCUT2D eigenvalue weighted by molar-refractivity contribution is 5.85. The molecule has 3 rings (SSSR count). The summed E-state index contributed by atoms with van der Waals surface area (Å²) in [6.45, 7) is 5.35. The van der Waals surface area contributed by atoms with Gasteiger partial charge in [-0.25, -0.2) is 0 Å². The van der Waals surface area contributed by atoms with Gasteiger partial charge >= 0.3 is 0 Å². The fourth-order valence-electron chi connectivity index (χ4n) is 4.31. The SMILES string of the molecule is Cl.Cl.O=C(NCC1(N2CCCC2)CCCC1)C1CCNCC1. The molecule has 0 atom stereocenters. The van der Waals surface area contributed by atoms with Gasteiger partial charge < -0.3 is 10.6 Å². The van der Waals surface area contributed by atoms with Gasteiger partial charge in [0.25, 0.3) is 0 Å². The standard InChI is InChI=1S/C16H29N3O.2ClH/c20-15(14-5-9-17-10-6-14)18-13-16(7-1-2-8-16)19-11-3-4-12-19;;/h14,17H,1-13H2,(H,18,20);2*1H. The van der Waals surface area contributed by atoms with Gasteiger partial charge in [0.15, 0.2) is 0 Å². The summed E-state index contributed by atoms with van der Waals surface area (Å²) < 4.78 is 0. The van der Waals surface area contributed by atoms with Gasteiger partial charge in [0.05, 0.1) is 0 Å². The lowest BCUT2D eigenvalue weighted by Crippen LogP contribution is -2.54. The molecule has 2 heterocycles. The van der Waals surface area contributed by atoms with Crippen molar-refractivity contribution in [1.29, 1.82) is 0 Å². The second kappa shape index (κ2) is 9.31. The van der Waals surface area contributed by atoms with E-state index in [0.717, 1.165) is 32.5 Å². The number of hydrogen-bond acceptors (Lipinski definition) is 3. The number of likely N-dealkylation sites (tertiary alicyclic amines) is 1. The average molecular weight is 352 g/mol. The molecule has 2 aliphatic heterocycles. The topological polar surface area (TPSA) is 44.4 Å². The van der Waals surface area contributed by atoms with E-state index >= 15 is 0 Å². The highest BCUT2D eigenvalue weighted by Crippen LogP contribution is 2.37. The highest BCUT2D eigenvalue weighted by atomic mass is 35.5. The van der Waals surface area contributed by atoms with Crippen molar-refractivity contribution in [3.63, 3.8) is 0 Å². The molecular weight excluding hydrogens is 321 g/mol. The molecule has 2 N–H and O–H groups in total.